The van der Waals surface area contributed by atoms with Gasteiger partial charge in [0, 0.05) is 98.8 Å². The van der Waals surface area contributed by atoms with Crippen LogP contribution in [0.4, 0.5) is 15.8 Å². The van der Waals surface area contributed by atoms with Crippen LogP contribution in [-0.4, -0.2) is 107 Å². The van der Waals surface area contributed by atoms with Crippen molar-refractivity contribution in [1.82, 2.24) is 29.6 Å². The summed E-state index contributed by atoms with van der Waals surface area (Å²) in [5.74, 6) is 0.212. The van der Waals surface area contributed by atoms with Gasteiger partial charge in [-0.3, -0.25) is 29.5 Å². The molecule has 55 heavy (non-hydrogen) atoms. The van der Waals surface area contributed by atoms with Gasteiger partial charge in [0.25, 0.3) is 5.91 Å². The van der Waals surface area contributed by atoms with Gasteiger partial charge >= 0.3 is 0 Å². The molecular weight excluding hydrogens is 763 g/mol. The number of nitrogens with zero attached hydrogens (tertiary/aromatic N) is 6. The molecule has 290 valence electrons. The number of aryl methyl sites for hydroxylation is 1. The predicted molar refractivity (Wildman–Crippen MR) is 216 cm³/mol. The maximum atomic E-state index is 15.2. The number of halogens is 2. The fourth-order valence-electron chi connectivity index (χ4n) is 8.87. The molecule has 1 unspecified atom stereocenters. The van der Waals surface area contributed by atoms with E-state index in [0.717, 1.165) is 112 Å². The molecule has 13 heteroatoms. The topological polar surface area (TPSA) is 106 Å². The van der Waals surface area contributed by atoms with Gasteiger partial charge in [0.05, 0.1) is 5.69 Å². The first-order valence-corrected chi connectivity index (χ1v) is 20.6. The zero-order valence-corrected chi connectivity index (χ0v) is 33.1. The number of carbonyl (C=O) groups excluding carboxylic acids is 3. The lowest BCUT2D eigenvalue weighted by Gasteiger charge is -2.39. The third kappa shape index (κ3) is 8.44. The van der Waals surface area contributed by atoms with Gasteiger partial charge in [-0.25, -0.2) is 9.37 Å². The summed E-state index contributed by atoms with van der Waals surface area (Å²) in [5.41, 5.74) is 5.49. The Morgan fingerprint density at radius 1 is 0.891 bits per heavy atom. The molecule has 3 amide bonds. The van der Waals surface area contributed by atoms with Crippen molar-refractivity contribution in [2.75, 3.05) is 69.1 Å². The van der Waals surface area contributed by atoms with Crippen LogP contribution >= 0.6 is 15.9 Å². The molecule has 2 aromatic heterocycles. The molecule has 11 nitrogen and oxygen atoms in total. The number of benzene rings is 2. The van der Waals surface area contributed by atoms with Crippen molar-refractivity contribution in [3.8, 4) is 0 Å². The van der Waals surface area contributed by atoms with E-state index in [1.807, 2.05) is 29.3 Å². The number of nitrogens with one attached hydrogen (secondary N) is 2. The zero-order chi connectivity index (χ0) is 38.1. The molecule has 2 aromatic carbocycles. The fraction of sp³-hybridized carbons (Fsp3) is 0.476. The Labute approximate surface area is 330 Å². The zero-order valence-electron chi connectivity index (χ0n) is 31.5. The quantitative estimate of drug-likeness (QED) is 0.206. The van der Waals surface area contributed by atoms with Crippen LogP contribution in [0.15, 0.2) is 65.3 Å². The summed E-state index contributed by atoms with van der Waals surface area (Å²) in [6.45, 7) is 8.76. The maximum Gasteiger partial charge on any atom is 0.253 e. The van der Waals surface area contributed by atoms with E-state index in [1.165, 1.54) is 17.3 Å². The predicted octanol–water partition coefficient (Wildman–Crippen LogP) is 5.75. The smallest absolute Gasteiger partial charge is 0.253 e. The average molecular weight is 814 g/mol. The minimum Gasteiger partial charge on any atom is -0.374 e. The standard InChI is InChI=1S/C42H50BrFN8O3/c1-48-33(25-34-35(43)10-15-45-40(34)48)27-49-16-13-30(14-17-49)29-2-4-31(5-3-29)42(55)52-18-11-28(12-19-52)26-50-20-22-51(23-21-50)38-8-6-32(24-36(38)44)46-37-7-9-39(53)47-41(37)54/h2-6,8,10,15,24-25,28,30,37,46H,7,9,11-14,16-23,26-27H2,1H3,(H,47,53,54). The van der Waals surface area contributed by atoms with Crippen molar-refractivity contribution in [2.45, 2.75) is 57.0 Å². The summed E-state index contributed by atoms with van der Waals surface area (Å²) in [4.78, 5) is 50.7. The summed E-state index contributed by atoms with van der Waals surface area (Å²) < 4.78 is 18.5. The number of carbonyl (C=O) groups is 3. The molecule has 0 bridgehead atoms. The number of amides is 3. The van der Waals surface area contributed by atoms with E-state index in [2.05, 4.69) is 76.1 Å². The summed E-state index contributed by atoms with van der Waals surface area (Å²) in [5, 5.41) is 6.54. The summed E-state index contributed by atoms with van der Waals surface area (Å²) >= 11 is 3.67. The summed E-state index contributed by atoms with van der Waals surface area (Å²) in [7, 11) is 2.10. The van der Waals surface area contributed by atoms with Crippen LogP contribution in [0.1, 0.15) is 66.1 Å². The number of piperazine rings is 1. The van der Waals surface area contributed by atoms with Gasteiger partial charge in [-0.2, -0.15) is 0 Å². The van der Waals surface area contributed by atoms with Crippen LogP contribution < -0.4 is 15.5 Å². The molecule has 0 aliphatic carbocycles. The highest BCUT2D eigenvalue weighted by Gasteiger charge is 2.29. The normalized spacial score (nSPS) is 21.0. The molecule has 0 saturated carbocycles. The van der Waals surface area contributed by atoms with E-state index in [4.69, 9.17) is 0 Å². The summed E-state index contributed by atoms with van der Waals surface area (Å²) in [6, 6.07) is 17.1. The van der Waals surface area contributed by atoms with Crippen LogP contribution in [0.25, 0.3) is 11.0 Å². The molecule has 4 aromatic rings. The number of aromatic nitrogens is 2. The lowest BCUT2D eigenvalue weighted by molar-refractivity contribution is -0.133. The van der Waals surface area contributed by atoms with Gasteiger partial charge in [0.1, 0.15) is 17.5 Å². The van der Waals surface area contributed by atoms with Gasteiger partial charge in [-0.1, -0.05) is 12.1 Å². The van der Waals surface area contributed by atoms with Crippen molar-refractivity contribution in [2.24, 2.45) is 13.0 Å². The molecule has 4 fully saturated rings. The number of piperidine rings is 3. The van der Waals surface area contributed by atoms with Crippen molar-refractivity contribution in [3.63, 3.8) is 0 Å². The number of anilines is 2. The number of hydrogen-bond donors (Lipinski definition) is 2. The number of rotatable bonds is 9. The molecule has 0 radical (unpaired) electrons. The van der Waals surface area contributed by atoms with Gasteiger partial charge in [-0.15, -0.1) is 0 Å². The first-order chi connectivity index (χ1) is 26.7. The van der Waals surface area contributed by atoms with E-state index in [9.17, 15) is 14.4 Å². The second kappa shape index (κ2) is 16.4. The van der Waals surface area contributed by atoms with Crippen molar-refractivity contribution >= 4 is 56.1 Å². The van der Waals surface area contributed by atoms with Crippen molar-refractivity contribution < 1.29 is 18.8 Å². The van der Waals surface area contributed by atoms with E-state index in [0.29, 0.717) is 29.6 Å². The highest BCUT2D eigenvalue weighted by molar-refractivity contribution is 9.10. The Balaban J connectivity index is 0.754. The minimum atomic E-state index is -0.544. The third-order valence-corrected chi connectivity index (χ3v) is 12.9. The Morgan fingerprint density at radius 3 is 2.33 bits per heavy atom. The van der Waals surface area contributed by atoms with Crippen molar-refractivity contribution in [1.29, 1.82) is 0 Å². The molecule has 8 rings (SSSR count). The first-order valence-electron chi connectivity index (χ1n) is 19.8. The molecule has 6 heterocycles. The first kappa shape index (κ1) is 37.6. The molecule has 0 spiro atoms. The minimum absolute atomic E-state index is 0.130. The van der Waals surface area contributed by atoms with Crippen LogP contribution in [0.5, 0.6) is 0 Å². The number of hydrogen-bond acceptors (Lipinski definition) is 8. The summed E-state index contributed by atoms with van der Waals surface area (Å²) in [6.07, 6.45) is 6.71. The Bertz CT molecular complexity index is 2030. The Morgan fingerprint density at radius 2 is 1.64 bits per heavy atom. The van der Waals surface area contributed by atoms with Crippen LogP contribution in [-0.2, 0) is 23.2 Å². The third-order valence-electron chi connectivity index (χ3n) is 12.2. The molecule has 4 saturated heterocycles. The second-order valence-electron chi connectivity index (χ2n) is 15.7. The highest BCUT2D eigenvalue weighted by Crippen LogP contribution is 2.32. The number of pyridine rings is 1. The van der Waals surface area contributed by atoms with Gasteiger partial charge in [0.15, 0.2) is 0 Å². The van der Waals surface area contributed by atoms with Crippen LogP contribution in [0, 0.1) is 11.7 Å². The number of imide groups is 1. The average Bonchev–Trinajstić information content (AvgIpc) is 3.52. The molecule has 4 aliphatic heterocycles. The maximum absolute atomic E-state index is 15.2. The SMILES string of the molecule is Cn1c(CN2CCC(c3ccc(C(=O)N4CCC(CN5CCN(c6ccc(NC7CCC(=O)NC7=O)cc6F)CC5)CC4)cc3)CC2)cc2c(Br)ccnc21. The van der Waals surface area contributed by atoms with Gasteiger partial charge in [-0.05, 0) is 121 Å². The molecule has 1 atom stereocenters. The monoisotopic (exact) mass is 812 g/mol. The lowest BCUT2D eigenvalue weighted by atomic mass is 9.88. The number of likely N-dealkylation sites (tertiary alicyclic amines) is 2. The van der Waals surface area contributed by atoms with Crippen LogP contribution in [0.2, 0.25) is 0 Å². The second-order valence-corrected chi connectivity index (χ2v) is 16.6. The van der Waals surface area contributed by atoms with Gasteiger partial charge < -0.3 is 19.7 Å². The Hall–Kier alpha value is -4.33. The van der Waals surface area contributed by atoms with Crippen molar-refractivity contribution in [3.05, 3.63) is 87.9 Å². The largest absolute Gasteiger partial charge is 0.374 e. The van der Waals surface area contributed by atoms with E-state index < -0.39 is 6.04 Å². The van der Waals surface area contributed by atoms with E-state index >= 15 is 4.39 Å². The Kier molecular flexibility index (Phi) is 11.2. The van der Waals surface area contributed by atoms with E-state index in [1.54, 1.807) is 12.1 Å². The molecule has 4 aliphatic rings. The van der Waals surface area contributed by atoms with Crippen LogP contribution in [0.3, 0.4) is 0 Å². The van der Waals surface area contributed by atoms with E-state index in [-0.39, 0.29) is 30.0 Å². The fourth-order valence-corrected chi connectivity index (χ4v) is 9.28. The lowest BCUT2D eigenvalue weighted by Crippen LogP contribution is -2.49. The molecule has 2 N–H and O–H groups in total. The van der Waals surface area contributed by atoms with Gasteiger partial charge in [0.2, 0.25) is 11.8 Å². The highest BCUT2D eigenvalue weighted by atomic mass is 79.9. The number of fused-ring (bicyclic) bond motifs is 1. The molecular formula is C42H50BrFN8O3.